The van der Waals surface area contributed by atoms with Crippen LogP contribution in [0.2, 0.25) is 0 Å². The van der Waals surface area contributed by atoms with Crippen LogP contribution in [0.5, 0.6) is 5.88 Å². The highest BCUT2D eigenvalue weighted by atomic mass is 16.5. The van der Waals surface area contributed by atoms with E-state index in [1.54, 1.807) is 44.8 Å². The number of fused-ring (bicyclic) bond motifs is 1. The van der Waals surface area contributed by atoms with Crippen LogP contribution in [0.4, 0.5) is 5.69 Å². The minimum absolute atomic E-state index is 0.00647. The zero-order valence-corrected chi connectivity index (χ0v) is 20.3. The molecule has 0 radical (unpaired) electrons. The number of nitrogens with zero attached hydrogens (tertiary/aromatic N) is 5. The number of aryl methyl sites for hydroxylation is 1. The summed E-state index contributed by atoms with van der Waals surface area (Å²) < 4.78 is 17.6. The third-order valence-electron chi connectivity index (χ3n) is 6.09. The molecule has 36 heavy (non-hydrogen) atoms. The lowest BCUT2D eigenvalue weighted by Crippen LogP contribution is -2.26. The highest BCUT2D eigenvalue weighted by molar-refractivity contribution is 5.95. The van der Waals surface area contributed by atoms with Crippen LogP contribution in [0.15, 0.2) is 47.3 Å². The van der Waals surface area contributed by atoms with Crippen molar-refractivity contribution in [1.82, 2.24) is 19.9 Å². The van der Waals surface area contributed by atoms with Crippen LogP contribution < -0.4 is 4.74 Å². The van der Waals surface area contributed by atoms with E-state index in [4.69, 9.17) is 20.5 Å². The van der Waals surface area contributed by atoms with Gasteiger partial charge < -0.3 is 18.8 Å². The number of furan rings is 1. The highest BCUT2D eigenvalue weighted by Gasteiger charge is 2.20. The maximum Gasteiger partial charge on any atom is 0.254 e. The normalized spacial score (nSPS) is 13.9. The molecule has 5 rings (SSSR count). The average Bonchev–Trinajstić information content (AvgIpc) is 3.33. The van der Waals surface area contributed by atoms with E-state index < -0.39 is 0 Å². The van der Waals surface area contributed by atoms with Gasteiger partial charge in [-0.05, 0) is 36.2 Å². The first-order valence-electron chi connectivity index (χ1n) is 11.6. The Morgan fingerprint density at radius 1 is 1.14 bits per heavy atom. The Hall–Kier alpha value is -4.29. The average molecular weight is 484 g/mol. The van der Waals surface area contributed by atoms with Gasteiger partial charge in [-0.25, -0.2) is 9.83 Å². The van der Waals surface area contributed by atoms with Crippen molar-refractivity contribution in [1.29, 1.82) is 0 Å². The van der Waals surface area contributed by atoms with Crippen molar-refractivity contribution in [3.05, 3.63) is 65.4 Å². The second-order valence-corrected chi connectivity index (χ2v) is 8.86. The molecule has 1 saturated heterocycles. The quantitative estimate of drug-likeness (QED) is 0.366. The molecular weight excluding hydrogens is 458 g/mol. The van der Waals surface area contributed by atoms with Crippen LogP contribution in [0.3, 0.4) is 0 Å². The minimum Gasteiger partial charge on any atom is -0.483 e. The Morgan fingerprint density at radius 3 is 2.67 bits per heavy atom. The van der Waals surface area contributed by atoms with Crippen LogP contribution in [0.1, 0.15) is 28.8 Å². The summed E-state index contributed by atoms with van der Waals surface area (Å²) in [5.41, 5.74) is 5.02. The van der Waals surface area contributed by atoms with Crippen LogP contribution in [-0.4, -0.2) is 59.2 Å². The molecule has 4 aromatic rings. The number of amides is 1. The molecule has 0 aliphatic carbocycles. The van der Waals surface area contributed by atoms with Gasteiger partial charge in [-0.3, -0.25) is 14.8 Å². The topological polar surface area (TPSA) is 94.9 Å². The molecule has 0 atom stereocenters. The first kappa shape index (κ1) is 23.5. The van der Waals surface area contributed by atoms with E-state index in [1.807, 2.05) is 19.1 Å². The fourth-order valence-corrected chi connectivity index (χ4v) is 4.20. The van der Waals surface area contributed by atoms with E-state index in [1.165, 1.54) is 4.90 Å². The number of hydrogen-bond donors (Lipinski definition) is 0. The zero-order valence-electron chi connectivity index (χ0n) is 20.3. The Morgan fingerprint density at radius 2 is 1.94 bits per heavy atom. The maximum atomic E-state index is 12.3. The van der Waals surface area contributed by atoms with E-state index in [0.717, 1.165) is 29.5 Å². The van der Waals surface area contributed by atoms with Crippen LogP contribution in [-0.2, 0) is 4.74 Å². The number of hydrogen-bond acceptors (Lipinski definition) is 7. The lowest BCUT2D eigenvalue weighted by molar-refractivity contribution is 0.0241. The van der Waals surface area contributed by atoms with Crippen LogP contribution >= 0.6 is 0 Å². The summed E-state index contributed by atoms with van der Waals surface area (Å²) in [5.74, 6) is 0.764. The van der Waals surface area contributed by atoms with Crippen molar-refractivity contribution in [2.45, 2.75) is 25.9 Å². The van der Waals surface area contributed by atoms with Crippen molar-refractivity contribution in [3.63, 3.8) is 0 Å². The van der Waals surface area contributed by atoms with Gasteiger partial charge in [-0.15, -0.1) is 0 Å². The van der Waals surface area contributed by atoms with E-state index in [-0.39, 0.29) is 12.0 Å². The van der Waals surface area contributed by atoms with Gasteiger partial charge in [0.2, 0.25) is 11.6 Å². The highest BCUT2D eigenvalue weighted by Crippen LogP contribution is 2.37. The zero-order chi connectivity index (χ0) is 25.2. The fraction of sp³-hybridized carbons (Fsp3) is 0.296. The third kappa shape index (κ3) is 4.51. The summed E-state index contributed by atoms with van der Waals surface area (Å²) in [6.45, 7) is 10.8. The van der Waals surface area contributed by atoms with Crippen molar-refractivity contribution in [2.75, 3.05) is 27.3 Å². The Bertz CT molecular complexity index is 1480. The molecule has 9 nitrogen and oxygen atoms in total. The smallest absolute Gasteiger partial charge is 0.254 e. The number of carbonyl (C=O) groups is 1. The Labute approximate surface area is 208 Å². The SMILES string of the molecule is [C-]#[N+]c1cc(-c2ccnc3cc(-c4ncc(C(=O)N(C)C)cc4C)oc23)cnc1OC1CCOCC1. The molecular formula is C27H25N5O4. The number of carbonyl (C=O) groups excluding carboxylic acids is 1. The molecule has 0 unspecified atom stereocenters. The van der Waals surface area contributed by atoms with Crippen molar-refractivity contribution < 1.29 is 18.7 Å². The molecule has 0 bridgehead atoms. The molecule has 4 aromatic heterocycles. The van der Waals surface area contributed by atoms with Crippen LogP contribution in [0.25, 0.3) is 38.5 Å². The summed E-state index contributed by atoms with van der Waals surface area (Å²) >= 11 is 0. The van der Waals surface area contributed by atoms with Gasteiger partial charge in [0.05, 0.1) is 25.3 Å². The lowest BCUT2D eigenvalue weighted by Gasteiger charge is -2.23. The molecule has 1 amide bonds. The summed E-state index contributed by atoms with van der Waals surface area (Å²) in [4.78, 5) is 30.9. The van der Waals surface area contributed by atoms with Crippen LogP contribution in [0, 0.1) is 13.5 Å². The predicted molar refractivity (Wildman–Crippen MR) is 134 cm³/mol. The van der Waals surface area contributed by atoms with Crippen molar-refractivity contribution >= 4 is 22.7 Å². The molecule has 0 spiro atoms. The number of pyridine rings is 3. The van der Waals surface area contributed by atoms with E-state index in [2.05, 4.69) is 19.8 Å². The minimum atomic E-state index is -0.113. The lowest BCUT2D eigenvalue weighted by atomic mass is 10.1. The third-order valence-corrected chi connectivity index (χ3v) is 6.09. The van der Waals surface area contributed by atoms with E-state index in [0.29, 0.717) is 52.9 Å². The summed E-state index contributed by atoms with van der Waals surface area (Å²) in [6.07, 6.45) is 6.48. The van der Waals surface area contributed by atoms with Gasteiger partial charge >= 0.3 is 0 Å². The molecule has 0 aromatic carbocycles. The van der Waals surface area contributed by atoms with Crippen molar-refractivity contribution in [3.8, 4) is 28.5 Å². The monoisotopic (exact) mass is 483 g/mol. The Balaban J connectivity index is 1.49. The van der Waals surface area contributed by atoms with Gasteiger partial charge in [0.15, 0.2) is 11.3 Å². The molecule has 1 aliphatic heterocycles. The number of aromatic nitrogens is 3. The number of ether oxygens (including phenoxy) is 2. The Kier molecular flexibility index (Phi) is 6.36. The molecule has 9 heteroatoms. The van der Waals surface area contributed by atoms with Gasteiger partial charge in [0.1, 0.15) is 17.3 Å². The second kappa shape index (κ2) is 9.76. The fourth-order valence-electron chi connectivity index (χ4n) is 4.20. The molecule has 5 heterocycles. The molecule has 182 valence electrons. The van der Waals surface area contributed by atoms with Gasteiger partial charge in [-0.2, -0.15) is 0 Å². The standard InChI is InChI=1S/C27H25N5O4/c1-16-11-18(27(33)32(3)4)15-30-24(16)23-13-21-25(36-23)20(5-8-29-21)17-12-22(28-2)26(31-14-17)35-19-6-9-34-10-7-19/h5,8,11-15,19H,6-7,9-10H2,1,3-4H3. The summed E-state index contributed by atoms with van der Waals surface area (Å²) in [7, 11) is 3.41. The summed E-state index contributed by atoms with van der Waals surface area (Å²) in [6, 6.07) is 7.22. The van der Waals surface area contributed by atoms with E-state index in [9.17, 15) is 4.79 Å². The number of rotatable bonds is 5. The second-order valence-electron chi connectivity index (χ2n) is 8.86. The van der Waals surface area contributed by atoms with Gasteiger partial charge in [-0.1, -0.05) is 0 Å². The molecule has 0 saturated carbocycles. The van der Waals surface area contributed by atoms with Crippen molar-refractivity contribution in [2.24, 2.45) is 0 Å². The van der Waals surface area contributed by atoms with E-state index >= 15 is 0 Å². The molecule has 1 fully saturated rings. The van der Waals surface area contributed by atoms with Gasteiger partial charge in [0.25, 0.3) is 5.91 Å². The largest absolute Gasteiger partial charge is 0.483 e. The maximum absolute atomic E-state index is 12.3. The first-order valence-corrected chi connectivity index (χ1v) is 11.6. The summed E-state index contributed by atoms with van der Waals surface area (Å²) in [5, 5.41) is 0. The predicted octanol–water partition coefficient (Wildman–Crippen LogP) is 5.07. The molecule has 0 N–H and O–H groups in total. The molecule has 1 aliphatic rings. The first-order chi connectivity index (χ1) is 17.4. The van der Waals surface area contributed by atoms with Gasteiger partial charge in [0, 0.05) is 57.2 Å².